The van der Waals surface area contributed by atoms with Gasteiger partial charge in [0, 0.05) is 19.1 Å². The number of amides is 2. The van der Waals surface area contributed by atoms with Crippen molar-refractivity contribution in [3.63, 3.8) is 0 Å². The van der Waals surface area contributed by atoms with Crippen LogP contribution in [0.3, 0.4) is 0 Å². The SMILES string of the molecule is CC(C)COC(=O)N1CCC(NC(=O)c2ccccc2F)CC1. The van der Waals surface area contributed by atoms with Gasteiger partial charge in [0.25, 0.3) is 5.91 Å². The molecule has 1 aromatic rings. The molecular weight excluding hydrogens is 299 g/mol. The maximum absolute atomic E-state index is 13.6. The highest BCUT2D eigenvalue weighted by Gasteiger charge is 2.25. The highest BCUT2D eigenvalue weighted by molar-refractivity contribution is 5.94. The zero-order valence-corrected chi connectivity index (χ0v) is 13.5. The molecule has 0 bridgehead atoms. The van der Waals surface area contributed by atoms with Gasteiger partial charge in [0.05, 0.1) is 12.2 Å². The lowest BCUT2D eigenvalue weighted by molar-refractivity contribution is 0.0784. The average Bonchev–Trinajstić information content (AvgIpc) is 2.53. The van der Waals surface area contributed by atoms with Crippen molar-refractivity contribution in [2.75, 3.05) is 19.7 Å². The predicted octanol–water partition coefficient (Wildman–Crippen LogP) is 2.81. The number of carbonyl (C=O) groups excluding carboxylic acids is 2. The first-order valence-corrected chi connectivity index (χ1v) is 7.94. The first kappa shape index (κ1) is 17.2. The van der Waals surface area contributed by atoms with Crippen molar-refractivity contribution in [3.8, 4) is 0 Å². The molecule has 126 valence electrons. The summed E-state index contributed by atoms with van der Waals surface area (Å²) in [5.74, 6) is -0.639. The van der Waals surface area contributed by atoms with E-state index in [0.29, 0.717) is 38.5 Å². The van der Waals surface area contributed by atoms with Crippen LogP contribution in [0.4, 0.5) is 9.18 Å². The number of hydrogen-bond acceptors (Lipinski definition) is 3. The predicted molar refractivity (Wildman–Crippen MR) is 84.6 cm³/mol. The lowest BCUT2D eigenvalue weighted by atomic mass is 10.0. The molecule has 1 N–H and O–H groups in total. The Labute approximate surface area is 135 Å². The number of piperidine rings is 1. The number of ether oxygens (including phenoxy) is 1. The second-order valence-electron chi connectivity index (χ2n) is 6.19. The average molecular weight is 322 g/mol. The molecule has 0 saturated carbocycles. The molecule has 23 heavy (non-hydrogen) atoms. The third-order valence-corrected chi connectivity index (χ3v) is 3.75. The van der Waals surface area contributed by atoms with Gasteiger partial charge in [0.15, 0.2) is 0 Å². The van der Waals surface area contributed by atoms with Crippen LogP contribution in [0.2, 0.25) is 0 Å². The van der Waals surface area contributed by atoms with Crippen LogP contribution in [0, 0.1) is 11.7 Å². The maximum Gasteiger partial charge on any atom is 0.409 e. The van der Waals surface area contributed by atoms with E-state index in [9.17, 15) is 14.0 Å². The molecule has 0 radical (unpaired) electrons. The fraction of sp³-hybridized carbons (Fsp3) is 0.529. The second-order valence-corrected chi connectivity index (χ2v) is 6.19. The largest absolute Gasteiger partial charge is 0.449 e. The Bertz CT molecular complexity index is 555. The number of halogens is 1. The summed E-state index contributed by atoms with van der Waals surface area (Å²) in [7, 11) is 0. The Balaban J connectivity index is 1.80. The maximum atomic E-state index is 13.6. The number of hydrogen-bond donors (Lipinski definition) is 1. The number of nitrogens with zero attached hydrogens (tertiary/aromatic N) is 1. The highest BCUT2D eigenvalue weighted by Crippen LogP contribution is 2.14. The van der Waals surface area contributed by atoms with E-state index in [1.165, 1.54) is 12.1 Å². The van der Waals surface area contributed by atoms with E-state index < -0.39 is 11.7 Å². The van der Waals surface area contributed by atoms with E-state index in [1.54, 1.807) is 17.0 Å². The van der Waals surface area contributed by atoms with E-state index in [-0.39, 0.29) is 17.7 Å². The first-order valence-electron chi connectivity index (χ1n) is 7.94. The van der Waals surface area contributed by atoms with E-state index >= 15 is 0 Å². The smallest absolute Gasteiger partial charge is 0.409 e. The molecule has 2 rings (SSSR count). The van der Waals surface area contributed by atoms with Gasteiger partial charge in [-0.05, 0) is 30.9 Å². The van der Waals surface area contributed by atoms with Gasteiger partial charge in [0.2, 0.25) is 0 Å². The third-order valence-electron chi connectivity index (χ3n) is 3.75. The van der Waals surface area contributed by atoms with Crippen molar-refractivity contribution in [1.82, 2.24) is 10.2 Å². The zero-order valence-electron chi connectivity index (χ0n) is 13.5. The third kappa shape index (κ3) is 4.94. The van der Waals surface area contributed by atoms with E-state index in [4.69, 9.17) is 4.74 Å². The standard InChI is InChI=1S/C17H23FN2O3/c1-12(2)11-23-17(22)20-9-7-13(8-10-20)19-16(21)14-5-3-4-6-15(14)18/h3-6,12-13H,7-11H2,1-2H3,(H,19,21). The summed E-state index contributed by atoms with van der Waals surface area (Å²) in [5, 5.41) is 2.83. The zero-order chi connectivity index (χ0) is 16.8. The monoisotopic (exact) mass is 322 g/mol. The van der Waals surface area contributed by atoms with Gasteiger partial charge in [-0.1, -0.05) is 26.0 Å². The number of nitrogens with one attached hydrogen (secondary N) is 1. The van der Waals surface area contributed by atoms with Gasteiger partial charge < -0.3 is 15.0 Å². The summed E-state index contributed by atoms with van der Waals surface area (Å²) >= 11 is 0. The lowest BCUT2D eigenvalue weighted by Crippen LogP contribution is -2.47. The quantitative estimate of drug-likeness (QED) is 0.927. The van der Waals surface area contributed by atoms with Crippen LogP contribution in [0.1, 0.15) is 37.0 Å². The van der Waals surface area contributed by atoms with E-state index in [0.717, 1.165) is 0 Å². The number of carbonyl (C=O) groups is 2. The molecule has 1 fully saturated rings. The topological polar surface area (TPSA) is 58.6 Å². The normalized spacial score (nSPS) is 15.6. The second kappa shape index (κ2) is 7.94. The minimum Gasteiger partial charge on any atom is -0.449 e. The summed E-state index contributed by atoms with van der Waals surface area (Å²) in [6.45, 7) is 5.43. The minimum absolute atomic E-state index is 0.0475. The molecule has 0 atom stereocenters. The van der Waals surface area contributed by atoms with Crippen molar-refractivity contribution in [3.05, 3.63) is 35.6 Å². The molecule has 6 heteroatoms. The number of likely N-dealkylation sites (tertiary alicyclic amines) is 1. The van der Waals surface area contributed by atoms with Crippen molar-refractivity contribution < 1.29 is 18.7 Å². The van der Waals surface area contributed by atoms with Gasteiger partial charge >= 0.3 is 6.09 Å². The molecule has 2 amide bonds. The molecule has 0 aliphatic carbocycles. The Morgan fingerprint density at radius 1 is 1.30 bits per heavy atom. The summed E-state index contributed by atoms with van der Waals surface area (Å²) in [4.78, 5) is 25.6. The molecule has 0 aromatic heterocycles. The first-order chi connectivity index (χ1) is 11.0. The summed E-state index contributed by atoms with van der Waals surface area (Å²) < 4.78 is 18.8. The minimum atomic E-state index is -0.528. The Morgan fingerprint density at radius 2 is 1.96 bits per heavy atom. The molecule has 1 aliphatic rings. The molecule has 1 saturated heterocycles. The fourth-order valence-electron chi connectivity index (χ4n) is 2.44. The van der Waals surface area contributed by atoms with Crippen molar-refractivity contribution in [2.45, 2.75) is 32.7 Å². The summed E-state index contributed by atoms with van der Waals surface area (Å²) in [6.07, 6.45) is 0.964. The van der Waals surface area contributed by atoms with Crippen LogP contribution in [0.15, 0.2) is 24.3 Å². The van der Waals surface area contributed by atoms with Crippen molar-refractivity contribution in [1.29, 1.82) is 0 Å². The van der Waals surface area contributed by atoms with Gasteiger partial charge in [-0.25, -0.2) is 9.18 Å². The molecular formula is C17H23FN2O3. The molecule has 1 aromatic carbocycles. The van der Waals surface area contributed by atoms with Crippen LogP contribution < -0.4 is 5.32 Å². The van der Waals surface area contributed by atoms with Crippen LogP contribution in [-0.4, -0.2) is 42.6 Å². The fourth-order valence-corrected chi connectivity index (χ4v) is 2.44. The van der Waals surface area contributed by atoms with Crippen LogP contribution in [0.5, 0.6) is 0 Å². The van der Waals surface area contributed by atoms with E-state index in [2.05, 4.69) is 5.32 Å². The Morgan fingerprint density at radius 3 is 2.57 bits per heavy atom. The van der Waals surface area contributed by atoms with Crippen molar-refractivity contribution >= 4 is 12.0 Å². The lowest BCUT2D eigenvalue weighted by Gasteiger charge is -2.31. The number of benzene rings is 1. The van der Waals surface area contributed by atoms with Gasteiger partial charge in [0.1, 0.15) is 5.82 Å². The van der Waals surface area contributed by atoms with Crippen LogP contribution in [-0.2, 0) is 4.74 Å². The molecule has 5 nitrogen and oxygen atoms in total. The number of rotatable bonds is 4. The molecule has 1 heterocycles. The Hall–Kier alpha value is -2.11. The van der Waals surface area contributed by atoms with Crippen LogP contribution in [0.25, 0.3) is 0 Å². The molecule has 0 spiro atoms. The van der Waals surface area contributed by atoms with Gasteiger partial charge in [-0.15, -0.1) is 0 Å². The van der Waals surface area contributed by atoms with Crippen LogP contribution >= 0.6 is 0 Å². The van der Waals surface area contributed by atoms with Gasteiger partial charge in [-0.3, -0.25) is 4.79 Å². The molecule has 0 unspecified atom stereocenters. The highest BCUT2D eigenvalue weighted by atomic mass is 19.1. The van der Waals surface area contributed by atoms with E-state index in [1.807, 2.05) is 13.8 Å². The van der Waals surface area contributed by atoms with Crippen molar-refractivity contribution in [2.24, 2.45) is 5.92 Å². The van der Waals surface area contributed by atoms with Gasteiger partial charge in [-0.2, -0.15) is 0 Å². The summed E-state index contributed by atoms with van der Waals surface area (Å²) in [5.41, 5.74) is 0.0475. The summed E-state index contributed by atoms with van der Waals surface area (Å²) in [6, 6.07) is 5.85. The molecule has 1 aliphatic heterocycles. The Kier molecular flexibility index (Phi) is 5.96.